The molecule has 4 amide bonds. The summed E-state index contributed by atoms with van der Waals surface area (Å²) in [4.78, 5) is 41.7. The zero-order valence-electron chi connectivity index (χ0n) is 20.4. The molecule has 11 nitrogen and oxygen atoms in total. The molecule has 37 heavy (non-hydrogen) atoms. The Bertz CT molecular complexity index is 1330. The van der Waals surface area contributed by atoms with Gasteiger partial charge in [-0.25, -0.2) is 13.2 Å². The van der Waals surface area contributed by atoms with Gasteiger partial charge in [0, 0.05) is 32.6 Å². The normalized spacial score (nSPS) is 22.5. The highest BCUT2D eigenvalue weighted by Gasteiger charge is 2.50. The maximum Gasteiger partial charge on any atom is 0.325 e. The number of urea groups is 1. The molecule has 12 heteroatoms. The highest BCUT2D eigenvalue weighted by atomic mass is 32.2. The molecule has 2 aromatic rings. The molecule has 0 unspecified atom stereocenters. The maximum absolute atomic E-state index is 13.3. The van der Waals surface area contributed by atoms with Gasteiger partial charge in [0.25, 0.3) is 5.91 Å². The summed E-state index contributed by atoms with van der Waals surface area (Å²) in [5.74, 6) is 0.0898. The van der Waals surface area contributed by atoms with E-state index in [1.54, 1.807) is 43.3 Å². The lowest BCUT2D eigenvalue weighted by atomic mass is 9.91. The van der Waals surface area contributed by atoms with Gasteiger partial charge in [0.2, 0.25) is 15.9 Å². The summed E-state index contributed by atoms with van der Waals surface area (Å²) in [7, 11) is -3.66. The van der Waals surface area contributed by atoms with Crippen LogP contribution in [0.2, 0.25) is 0 Å². The van der Waals surface area contributed by atoms with Gasteiger partial charge in [0.15, 0.2) is 11.5 Å². The van der Waals surface area contributed by atoms with Crippen molar-refractivity contribution in [3.05, 3.63) is 54.1 Å². The van der Waals surface area contributed by atoms with Crippen molar-refractivity contribution in [3.8, 4) is 11.5 Å². The van der Waals surface area contributed by atoms with E-state index in [4.69, 9.17) is 9.47 Å². The number of nitrogens with zero attached hydrogens (tertiary/aromatic N) is 3. The van der Waals surface area contributed by atoms with Crippen molar-refractivity contribution in [2.75, 3.05) is 45.9 Å². The number of nitrogens with one attached hydrogen (secondary N) is 1. The molecule has 0 spiro atoms. The van der Waals surface area contributed by atoms with E-state index in [0.29, 0.717) is 30.3 Å². The van der Waals surface area contributed by atoms with Crippen LogP contribution >= 0.6 is 0 Å². The minimum Gasteiger partial charge on any atom is -0.490 e. The molecule has 2 aromatic carbocycles. The Morgan fingerprint density at radius 1 is 0.973 bits per heavy atom. The minimum absolute atomic E-state index is 0.123. The molecule has 0 radical (unpaired) electrons. The van der Waals surface area contributed by atoms with E-state index in [1.807, 2.05) is 0 Å². The van der Waals surface area contributed by atoms with Gasteiger partial charge in [-0.3, -0.25) is 14.5 Å². The standard InChI is InChI=1S/C25H28N4O7S/c1-25(18-8-9-20-21(16-18)36-15-5-14-35-20)23(31)29(24(32)26-25)17-22(30)27-10-12-28(13-11-27)37(33,34)19-6-3-2-4-7-19/h2-4,6-9,16H,5,10-15,17H2,1H3,(H,26,32)/t25-/m1/s1. The molecular weight excluding hydrogens is 500 g/mol. The van der Waals surface area contributed by atoms with Crippen LogP contribution < -0.4 is 14.8 Å². The topological polar surface area (TPSA) is 126 Å². The molecule has 0 bridgehead atoms. The fourth-order valence-corrected chi connectivity index (χ4v) is 6.11. The van der Waals surface area contributed by atoms with E-state index in [9.17, 15) is 22.8 Å². The summed E-state index contributed by atoms with van der Waals surface area (Å²) in [6.45, 7) is 2.73. The second kappa shape index (κ2) is 9.67. The van der Waals surface area contributed by atoms with E-state index >= 15 is 0 Å². The molecule has 1 atom stereocenters. The van der Waals surface area contributed by atoms with E-state index in [-0.39, 0.29) is 31.1 Å². The number of rotatable bonds is 5. The largest absolute Gasteiger partial charge is 0.490 e. The molecule has 2 fully saturated rings. The van der Waals surface area contributed by atoms with Crippen LogP contribution in [0.15, 0.2) is 53.4 Å². The first-order valence-corrected chi connectivity index (χ1v) is 13.5. The highest BCUT2D eigenvalue weighted by Crippen LogP contribution is 2.36. The summed E-state index contributed by atoms with van der Waals surface area (Å²) in [6, 6.07) is 12.5. The van der Waals surface area contributed by atoms with Crippen LogP contribution in [0.5, 0.6) is 11.5 Å². The number of benzene rings is 2. The van der Waals surface area contributed by atoms with Crippen molar-refractivity contribution in [3.63, 3.8) is 0 Å². The predicted molar refractivity (Wildman–Crippen MR) is 131 cm³/mol. The minimum atomic E-state index is -3.66. The van der Waals surface area contributed by atoms with Crippen LogP contribution in [0.4, 0.5) is 4.79 Å². The van der Waals surface area contributed by atoms with Crippen molar-refractivity contribution < 1.29 is 32.3 Å². The smallest absolute Gasteiger partial charge is 0.325 e. The number of fused-ring (bicyclic) bond motifs is 1. The van der Waals surface area contributed by atoms with Gasteiger partial charge >= 0.3 is 6.03 Å². The van der Waals surface area contributed by atoms with E-state index in [0.717, 1.165) is 11.3 Å². The molecular formula is C25H28N4O7S. The molecule has 2 saturated heterocycles. The first-order chi connectivity index (χ1) is 17.7. The number of ether oxygens (including phenoxy) is 2. The molecule has 3 heterocycles. The van der Waals surface area contributed by atoms with Gasteiger partial charge < -0.3 is 19.7 Å². The Kier molecular flexibility index (Phi) is 6.54. The molecule has 3 aliphatic heterocycles. The number of amides is 4. The second-order valence-corrected chi connectivity index (χ2v) is 11.2. The summed E-state index contributed by atoms with van der Waals surface area (Å²) in [5, 5.41) is 2.71. The van der Waals surface area contributed by atoms with Gasteiger partial charge in [-0.05, 0) is 36.8 Å². The van der Waals surface area contributed by atoms with Crippen molar-refractivity contribution in [1.29, 1.82) is 0 Å². The van der Waals surface area contributed by atoms with Gasteiger partial charge in [-0.15, -0.1) is 0 Å². The highest BCUT2D eigenvalue weighted by molar-refractivity contribution is 7.89. The molecule has 3 aliphatic rings. The summed E-state index contributed by atoms with van der Waals surface area (Å²) in [5.41, 5.74) is -0.852. The molecule has 0 aromatic heterocycles. The van der Waals surface area contributed by atoms with E-state index in [1.165, 1.54) is 21.3 Å². The van der Waals surface area contributed by atoms with Crippen molar-refractivity contribution in [2.24, 2.45) is 0 Å². The lowest BCUT2D eigenvalue weighted by Crippen LogP contribution is -2.53. The number of hydrogen-bond acceptors (Lipinski definition) is 7. The van der Waals surface area contributed by atoms with Crippen LogP contribution in [0.3, 0.4) is 0 Å². The van der Waals surface area contributed by atoms with Crippen LogP contribution in [-0.2, 0) is 25.2 Å². The zero-order chi connectivity index (χ0) is 26.2. The number of sulfonamides is 1. The van der Waals surface area contributed by atoms with Crippen LogP contribution in [0.1, 0.15) is 18.9 Å². The Balaban J connectivity index is 1.24. The number of carbonyl (C=O) groups excluding carboxylic acids is 3. The average molecular weight is 529 g/mol. The lowest BCUT2D eigenvalue weighted by molar-refractivity contribution is -0.139. The maximum atomic E-state index is 13.3. The quantitative estimate of drug-likeness (QED) is 0.577. The number of piperazine rings is 1. The first kappa shape index (κ1) is 25.0. The zero-order valence-corrected chi connectivity index (χ0v) is 21.2. The molecule has 1 N–H and O–H groups in total. The Morgan fingerprint density at radius 3 is 2.35 bits per heavy atom. The molecule has 196 valence electrons. The van der Waals surface area contributed by atoms with E-state index < -0.39 is 40.0 Å². The molecule has 5 rings (SSSR count). The Hall–Kier alpha value is -3.64. The van der Waals surface area contributed by atoms with Crippen molar-refractivity contribution >= 4 is 27.9 Å². The number of hydrogen-bond donors (Lipinski definition) is 1. The predicted octanol–water partition coefficient (Wildman–Crippen LogP) is 1.15. The van der Waals surface area contributed by atoms with Gasteiger partial charge in [0.05, 0.1) is 18.1 Å². The SMILES string of the molecule is C[C@]1(c2ccc3c(c2)OCCCO3)NC(=O)N(CC(=O)N2CCN(S(=O)(=O)c3ccccc3)CC2)C1=O. The van der Waals surface area contributed by atoms with Crippen LogP contribution in [0, 0.1) is 0 Å². The van der Waals surface area contributed by atoms with Crippen molar-refractivity contribution in [2.45, 2.75) is 23.8 Å². The lowest BCUT2D eigenvalue weighted by Gasteiger charge is -2.34. The van der Waals surface area contributed by atoms with Gasteiger partial charge in [0.1, 0.15) is 12.1 Å². The molecule has 0 aliphatic carbocycles. The monoisotopic (exact) mass is 528 g/mol. The first-order valence-electron chi connectivity index (χ1n) is 12.1. The third-order valence-corrected chi connectivity index (χ3v) is 8.78. The third-order valence-electron chi connectivity index (χ3n) is 6.87. The third kappa shape index (κ3) is 4.62. The summed E-state index contributed by atoms with van der Waals surface area (Å²) in [6.07, 6.45) is 0.735. The molecule has 0 saturated carbocycles. The van der Waals surface area contributed by atoms with Gasteiger partial charge in [-0.2, -0.15) is 4.31 Å². The Labute approximate surface area is 215 Å². The van der Waals surface area contributed by atoms with Crippen LogP contribution in [-0.4, -0.2) is 86.3 Å². The van der Waals surface area contributed by atoms with Gasteiger partial charge in [-0.1, -0.05) is 24.3 Å². The second-order valence-electron chi connectivity index (χ2n) is 9.26. The number of carbonyl (C=O) groups is 3. The van der Waals surface area contributed by atoms with E-state index in [2.05, 4.69) is 5.32 Å². The summed E-state index contributed by atoms with van der Waals surface area (Å²) >= 11 is 0. The Morgan fingerprint density at radius 2 is 1.65 bits per heavy atom. The fraction of sp³-hybridized carbons (Fsp3) is 0.400. The van der Waals surface area contributed by atoms with Crippen LogP contribution in [0.25, 0.3) is 0 Å². The van der Waals surface area contributed by atoms with Crippen molar-refractivity contribution in [1.82, 2.24) is 19.4 Å². The number of imide groups is 1. The fourth-order valence-electron chi connectivity index (χ4n) is 4.67. The average Bonchev–Trinajstić information content (AvgIpc) is 3.06. The summed E-state index contributed by atoms with van der Waals surface area (Å²) < 4.78 is 38.4.